The monoisotopic (exact) mass is 357 g/mol. The summed E-state index contributed by atoms with van der Waals surface area (Å²) in [4.78, 5) is 5.95. The third kappa shape index (κ3) is 3.10. The van der Waals surface area contributed by atoms with E-state index in [4.69, 9.17) is 4.84 Å². The van der Waals surface area contributed by atoms with E-state index in [0.717, 1.165) is 22.4 Å². The zero-order chi connectivity index (χ0) is 19.0. The molecule has 0 unspecified atom stereocenters. The van der Waals surface area contributed by atoms with E-state index in [-0.39, 0.29) is 17.8 Å². The van der Waals surface area contributed by atoms with Gasteiger partial charge >= 0.3 is 0 Å². The highest BCUT2D eigenvalue weighted by Crippen LogP contribution is 2.45. The fourth-order valence-electron chi connectivity index (χ4n) is 4.12. The number of rotatable bonds is 3. The summed E-state index contributed by atoms with van der Waals surface area (Å²) in [6.07, 6.45) is -0.269. The highest BCUT2D eigenvalue weighted by atomic mass is 16.6. The van der Waals surface area contributed by atoms with E-state index in [2.05, 4.69) is 38.1 Å². The van der Waals surface area contributed by atoms with E-state index in [1.54, 1.807) is 6.07 Å². The fraction of sp³-hybridized carbons (Fsp3) is 0.208. The number of phenolic OH excluding ortho intramolecular Hbond substituents is 1. The predicted molar refractivity (Wildman–Crippen MR) is 108 cm³/mol. The lowest BCUT2D eigenvalue weighted by Crippen LogP contribution is -2.18. The van der Waals surface area contributed by atoms with Crippen LogP contribution in [-0.4, -0.2) is 10.8 Å². The SMILES string of the molecule is Cc1cc(C)c(C2=NO[C@@H](c3ccccc3)[C@@H]2c2ccccc2O)c(C)c1. The van der Waals surface area contributed by atoms with Gasteiger partial charge in [-0.25, -0.2) is 0 Å². The molecule has 136 valence electrons. The number of para-hydroxylation sites is 1. The van der Waals surface area contributed by atoms with Gasteiger partial charge in [-0.2, -0.15) is 0 Å². The summed E-state index contributed by atoms with van der Waals surface area (Å²) >= 11 is 0. The molecule has 3 nitrogen and oxygen atoms in total. The molecule has 3 heteroatoms. The molecule has 0 fully saturated rings. The first-order chi connectivity index (χ1) is 13.1. The van der Waals surface area contributed by atoms with Crippen molar-refractivity contribution < 1.29 is 9.94 Å². The molecule has 0 aliphatic carbocycles. The van der Waals surface area contributed by atoms with Crippen LogP contribution in [0.25, 0.3) is 0 Å². The second-order valence-electron chi connectivity index (χ2n) is 7.22. The fourth-order valence-corrected chi connectivity index (χ4v) is 4.12. The van der Waals surface area contributed by atoms with Crippen molar-refractivity contribution >= 4 is 5.71 Å². The van der Waals surface area contributed by atoms with Gasteiger partial charge in [0.15, 0.2) is 6.10 Å². The Morgan fingerprint density at radius 1 is 0.852 bits per heavy atom. The van der Waals surface area contributed by atoms with Crippen LogP contribution in [-0.2, 0) is 4.84 Å². The quantitative estimate of drug-likeness (QED) is 0.665. The van der Waals surface area contributed by atoms with E-state index in [0.29, 0.717) is 0 Å². The Bertz CT molecular complexity index is 985. The van der Waals surface area contributed by atoms with Gasteiger partial charge in [-0.3, -0.25) is 0 Å². The number of oxime groups is 1. The van der Waals surface area contributed by atoms with E-state index >= 15 is 0 Å². The van der Waals surface area contributed by atoms with Crippen molar-refractivity contribution in [3.8, 4) is 5.75 Å². The molecule has 0 saturated heterocycles. The highest BCUT2D eigenvalue weighted by Gasteiger charge is 2.39. The van der Waals surface area contributed by atoms with Gasteiger partial charge in [-0.1, -0.05) is 71.4 Å². The maximum Gasteiger partial charge on any atom is 0.165 e. The smallest absolute Gasteiger partial charge is 0.165 e. The van der Waals surface area contributed by atoms with Crippen molar-refractivity contribution in [3.05, 3.63) is 100 Å². The van der Waals surface area contributed by atoms with Crippen LogP contribution in [0.5, 0.6) is 5.75 Å². The number of phenols is 1. The molecule has 4 rings (SSSR count). The van der Waals surface area contributed by atoms with Crippen LogP contribution in [0.4, 0.5) is 0 Å². The third-order valence-corrected chi connectivity index (χ3v) is 5.20. The van der Waals surface area contributed by atoms with Crippen LogP contribution in [0.3, 0.4) is 0 Å². The van der Waals surface area contributed by atoms with Gasteiger partial charge < -0.3 is 9.94 Å². The Balaban J connectivity index is 1.88. The summed E-state index contributed by atoms with van der Waals surface area (Å²) in [5, 5.41) is 15.1. The second-order valence-corrected chi connectivity index (χ2v) is 7.22. The molecule has 0 radical (unpaired) electrons. The Labute approximate surface area is 159 Å². The molecule has 3 aromatic carbocycles. The summed E-state index contributed by atoms with van der Waals surface area (Å²) in [5.74, 6) is 0.0951. The molecule has 0 spiro atoms. The Hall–Kier alpha value is -3.07. The molecule has 1 aliphatic rings. The van der Waals surface area contributed by atoms with Crippen molar-refractivity contribution in [2.75, 3.05) is 0 Å². The Morgan fingerprint density at radius 3 is 2.15 bits per heavy atom. The van der Waals surface area contributed by atoms with Crippen LogP contribution in [0.15, 0.2) is 71.9 Å². The minimum Gasteiger partial charge on any atom is -0.508 e. The molecule has 1 heterocycles. The van der Waals surface area contributed by atoms with E-state index < -0.39 is 0 Å². The number of hydrogen-bond donors (Lipinski definition) is 1. The largest absolute Gasteiger partial charge is 0.508 e. The zero-order valence-electron chi connectivity index (χ0n) is 15.8. The minimum absolute atomic E-state index is 0.172. The second kappa shape index (κ2) is 6.92. The van der Waals surface area contributed by atoms with Gasteiger partial charge in [-0.05, 0) is 43.5 Å². The Kier molecular flexibility index (Phi) is 4.44. The summed E-state index contributed by atoms with van der Waals surface area (Å²) in [6, 6.07) is 21.9. The van der Waals surface area contributed by atoms with Gasteiger partial charge in [0.25, 0.3) is 0 Å². The van der Waals surface area contributed by atoms with Crippen molar-refractivity contribution in [2.24, 2.45) is 5.16 Å². The van der Waals surface area contributed by atoms with Crippen molar-refractivity contribution in [1.82, 2.24) is 0 Å². The maximum absolute atomic E-state index is 10.6. The molecule has 1 aliphatic heterocycles. The normalized spacial score (nSPS) is 18.9. The molecule has 2 atom stereocenters. The van der Waals surface area contributed by atoms with Gasteiger partial charge in [0.05, 0.1) is 11.6 Å². The number of nitrogens with zero attached hydrogens (tertiary/aromatic N) is 1. The zero-order valence-corrected chi connectivity index (χ0v) is 15.8. The topological polar surface area (TPSA) is 41.8 Å². The molecule has 0 amide bonds. The van der Waals surface area contributed by atoms with Gasteiger partial charge in [0.2, 0.25) is 0 Å². The predicted octanol–water partition coefficient (Wildman–Crippen LogP) is 5.58. The summed E-state index contributed by atoms with van der Waals surface area (Å²) in [7, 11) is 0. The maximum atomic E-state index is 10.6. The lowest BCUT2D eigenvalue weighted by Gasteiger charge is -2.22. The third-order valence-electron chi connectivity index (χ3n) is 5.20. The van der Waals surface area contributed by atoms with E-state index in [9.17, 15) is 5.11 Å². The molecular formula is C24H23NO2. The summed E-state index contributed by atoms with van der Waals surface area (Å²) < 4.78 is 0. The number of aromatic hydroxyl groups is 1. The Morgan fingerprint density at radius 2 is 1.48 bits per heavy atom. The highest BCUT2D eigenvalue weighted by molar-refractivity contribution is 6.08. The number of aryl methyl sites for hydroxylation is 3. The molecule has 0 bridgehead atoms. The average Bonchev–Trinajstić information content (AvgIpc) is 3.06. The molecule has 0 aromatic heterocycles. The lowest BCUT2D eigenvalue weighted by molar-refractivity contribution is 0.0759. The van der Waals surface area contributed by atoms with Crippen molar-refractivity contribution in [2.45, 2.75) is 32.8 Å². The summed E-state index contributed by atoms with van der Waals surface area (Å²) in [5.41, 5.74) is 7.43. The van der Waals surface area contributed by atoms with Crippen LogP contribution in [0.1, 0.15) is 45.4 Å². The first kappa shape index (κ1) is 17.3. The number of hydrogen-bond acceptors (Lipinski definition) is 3. The molecular weight excluding hydrogens is 334 g/mol. The lowest BCUT2D eigenvalue weighted by atomic mass is 9.80. The van der Waals surface area contributed by atoms with Gasteiger partial charge in [0, 0.05) is 11.1 Å². The number of benzene rings is 3. The standard InChI is InChI=1S/C24H23NO2/c1-15-13-16(2)21(17(3)14-15)23-22(19-11-7-8-12-20(19)26)24(27-25-23)18-9-5-4-6-10-18/h4-14,22,24,26H,1-3H3/t22-,24+/m1/s1. The molecule has 1 N–H and O–H groups in total. The van der Waals surface area contributed by atoms with Crippen LogP contribution in [0.2, 0.25) is 0 Å². The van der Waals surface area contributed by atoms with E-state index in [1.807, 2.05) is 48.5 Å². The van der Waals surface area contributed by atoms with Crippen LogP contribution in [0, 0.1) is 20.8 Å². The first-order valence-corrected chi connectivity index (χ1v) is 9.21. The van der Waals surface area contributed by atoms with Gasteiger partial charge in [-0.15, -0.1) is 0 Å². The average molecular weight is 357 g/mol. The van der Waals surface area contributed by atoms with E-state index in [1.165, 1.54) is 16.7 Å². The first-order valence-electron chi connectivity index (χ1n) is 9.21. The summed E-state index contributed by atoms with van der Waals surface area (Å²) in [6.45, 7) is 6.31. The molecule has 0 saturated carbocycles. The molecule has 3 aromatic rings. The van der Waals surface area contributed by atoms with Crippen molar-refractivity contribution in [3.63, 3.8) is 0 Å². The van der Waals surface area contributed by atoms with Crippen LogP contribution < -0.4 is 0 Å². The molecule has 27 heavy (non-hydrogen) atoms. The van der Waals surface area contributed by atoms with Crippen LogP contribution >= 0.6 is 0 Å². The minimum atomic E-state index is -0.269. The van der Waals surface area contributed by atoms with Crippen molar-refractivity contribution in [1.29, 1.82) is 0 Å². The van der Waals surface area contributed by atoms with Gasteiger partial charge in [0.1, 0.15) is 5.75 Å².